The van der Waals surface area contributed by atoms with Gasteiger partial charge in [-0.3, -0.25) is 4.79 Å². The summed E-state index contributed by atoms with van der Waals surface area (Å²) in [5, 5.41) is -0.471. The minimum atomic E-state index is -3.10. The summed E-state index contributed by atoms with van der Waals surface area (Å²) in [6.45, 7) is 0. The van der Waals surface area contributed by atoms with Crippen LogP contribution in [0.4, 0.5) is 0 Å². The molecule has 2 unspecified atom stereocenters. The van der Waals surface area contributed by atoms with Gasteiger partial charge < -0.3 is 4.74 Å². The van der Waals surface area contributed by atoms with Gasteiger partial charge in [0.15, 0.2) is 9.84 Å². The zero-order chi connectivity index (χ0) is 10.4. The summed E-state index contributed by atoms with van der Waals surface area (Å²) in [5.41, 5.74) is -0.676. The van der Waals surface area contributed by atoms with Gasteiger partial charge in [0, 0.05) is 12.7 Å². The van der Waals surface area contributed by atoms with Crippen molar-refractivity contribution in [2.24, 2.45) is 0 Å². The van der Waals surface area contributed by atoms with Crippen LogP contribution >= 0.6 is 0 Å². The first-order valence-electron chi connectivity index (χ1n) is 4.85. The monoisotopic (exact) mass is 218 g/mol. The number of sulfone groups is 1. The maximum absolute atomic E-state index is 11.5. The van der Waals surface area contributed by atoms with Crippen LogP contribution in [-0.2, 0) is 19.4 Å². The molecule has 1 saturated heterocycles. The lowest BCUT2D eigenvalue weighted by Gasteiger charge is -2.28. The fourth-order valence-corrected chi connectivity index (χ4v) is 4.32. The Labute approximate surface area is 83.5 Å². The molecule has 2 atom stereocenters. The van der Waals surface area contributed by atoms with E-state index in [4.69, 9.17) is 4.74 Å². The number of carbonyl (C=O) groups is 1. The Kier molecular flexibility index (Phi) is 2.10. The number of rotatable bonds is 1. The molecule has 0 radical (unpaired) electrons. The molecular formula is C9H14O4S. The third-order valence-corrected chi connectivity index (χ3v) is 4.94. The zero-order valence-electron chi connectivity index (χ0n) is 8.15. The second-order valence-electron chi connectivity index (χ2n) is 4.25. The normalized spacial score (nSPS) is 37.8. The average molecular weight is 218 g/mol. The second kappa shape index (κ2) is 2.95. The van der Waals surface area contributed by atoms with Crippen LogP contribution in [0.2, 0.25) is 0 Å². The molecule has 5 heteroatoms. The average Bonchev–Trinajstić information content (AvgIpc) is 2.59. The molecule has 2 rings (SSSR count). The lowest BCUT2D eigenvalue weighted by atomic mass is 9.98. The minimum absolute atomic E-state index is 0.249. The topological polar surface area (TPSA) is 60.4 Å². The molecule has 1 aliphatic carbocycles. The van der Waals surface area contributed by atoms with Gasteiger partial charge in [0.05, 0.1) is 0 Å². The first-order chi connectivity index (χ1) is 6.44. The Balaban J connectivity index is 2.31. The van der Waals surface area contributed by atoms with Crippen molar-refractivity contribution < 1.29 is 17.9 Å². The molecule has 0 aromatic rings. The third-order valence-electron chi connectivity index (χ3n) is 3.24. The lowest BCUT2D eigenvalue weighted by molar-refractivity contribution is -0.147. The van der Waals surface area contributed by atoms with E-state index >= 15 is 0 Å². The van der Waals surface area contributed by atoms with Crippen molar-refractivity contribution in [3.8, 4) is 0 Å². The zero-order valence-corrected chi connectivity index (χ0v) is 8.97. The first kappa shape index (κ1) is 9.96. The van der Waals surface area contributed by atoms with Crippen LogP contribution in [0, 0.1) is 0 Å². The molecule has 80 valence electrons. The maximum Gasteiger partial charge on any atom is 0.306 e. The number of ether oxygens (including phenoxy) is 1. The summed E-state index contributed by atoms with van der Waals surface area (Å²) in [7, 11) is -3.10. The van der Waals surface area contributed by atoms with Gasteiger partial charge in [-0.05, 0) is 25.7 Å². The summed E-state index contributed by atoms with van der Waals surface area (Å²) in [6.07, 6.45) is 4.35. The molecule has 0 aromatic carbocycles. The van der Waals surface area contributed by atoms with Gasteiger partial charge in [0.25, 0.3) is 0 Å². The number of esters is 1. The minimum Gasteiger partial charge on any atom is -0.458 e. The van der Waals surface area contributed by atoms with E-state index < -0.39 is 20.7 Å². The lowest BCUT2D eigenvalue weighted by Crippen LogP contribution is -2.41. The predicted molar refractivity (Wildman–Crippen MR) is 50.5 cm³/mol. The van der Waals surface area contributed by atoms with Crippen LogP contribution in [0.3, 0.4) is 0 Å². The Morgan fingerprint density at radius 1 is 1.43 bits per heavy atom. The van der Waals surface area contributed by atoms with Gasteiger partial charge in [-0.25, -0.2) is 8.42 Å². The third kappa shape index (κ3) is 1.43. The summed E-state index contributed by atoms with van der Waals surface area (Å²) in [6, 6.07) is 0. The van der Waals surface area contributed by atoms with E-state index in [0.29, 0.717) is 25.7 Å². The number of hydrogen-bond donors (Lipinski definition) is 0. The van der Waals surface area contributed by atoms with Crippen LogP contribution in [-0.4, -0.2) is 31.5 Å². The van der Waals surface area contributed by atoms with Crippen molar-refractivity contribution in [1.29, 1.82) is 0 Å². The molecule has 1 aliphatic heterocycles. The molecule has 1 saturated carbocycles. The Morgan fingerprint density at radius 2 is 2.14 bits per heavy atom. The molecule has 0 N–H and O–H groups in total. The summed E-state index contributed by atoms with van der Waals surface area (Å²) < 4.78 is 28.3. The Hall–Kier alpha value is -0.580. The van der Waals surface area contributed by atoms with Gasteiger partial charge in [-0.15, -0.1) is 0 Å². The molecular weight excluding hydrogens is 204 g/mol. The molecule has 0 aromatic heterocycles. The Morgan fingerprint density at radius 3 is 2.64 bits per heavy atom. The van der Waals surface area contributed by atoms with E-state index in [0.717, 1.165) is 6.42 Å². The Bertz CT molecular complexity index is 359. The summed E-state index contributed by atoms with van der Waals surface area (Å²) in [4.78, 5) is 11.1. The van der Waals surface area contributed by atoms with Crippen molar-refractivity contribution in [2.75, 3.05) is 6.26 Å². The fraction of sp³-hybridized carbons (Fsp3) is 0.889. The highest BCUT2D eigenvalue weighted by Crippen LogP contribution is 2.44. The molecule has 0 bridgehead atoms. The largest absolute Gasteiger partial charge is 0.458 e. The molecule has 2 aliphatic rings. The SMILES string of the molecule is CS(=O)(=O)C1CCCC12CCC(=O)O2. The van der Waals surface area contributed by atoms with E-state index in [1.54, 1.807) is 0 Å². The highest BCUT2D eigenvalue weighted by molar-refractivity contribution is 7.91. The van der Waals surface area contributed by atoms with Crippen molar-refractivity contribution in [3.05, 3.63) is 0 Å². The van der Waals surface area contributed by atoms with E-state index in [-0.39, 0.29) is 5.97 Å². The summed E-state index contributed by atoms with van der Waals surface area (Å²) in [5.74, 6) is -0.249. The fourth-order valence-electron chi connectivity index (χ4n) is 2.66. The number of hydrogen-bond acceptors (Lipinski definition) is 4. The van der Waals surface area contributed by atoms with Gasteiger partial charge in [0.1, 0.15) is 10.9 Å². The smallest absolute Gasteiger partial charge is 0.306 e. The second-order valence-corrected chi connectivity index (χ2v) is 6.48. The van der Waals surface area contributed by atoms with E-state index in [1.807, 2.05) is 0 Å². The maximum atomic E-state index is 11.5. The molecule has 1 heterocycles. The molecule has 4 nitrogen and oxygen atoms in total. The standard InChI is InChI=1S/C9H14O4S/c1-14(11,12)7-3-2-5-9(7)6-4-8(10)13-9/h7H,2-6H2,1H3. The van der Waals surface area contributed by atoms with Crippen LogP contribution in [0.5, 0.6) is 0 Å². The van der Waals surface area contributed by atoms with Gasteiger partial charge >= 0.3 is 5.97 Å². The molecule has 0 amide bonds. The van der Waals surface area contributed by atoms with Crippen molar-refractivity contribution in [2.45, 2.75) is 43.0 Å². The van der Waals surface area contributed by atoms with Crippen molar-refractivity contribution in [3.63, 3.8) is 0 Å². The molecule has 2 fully saturated rings. The van der Waals surface area contributed by atoms with Gasteiger partial charge in [0.2, 0.25) is 0 Å². The van der Waals surface area contributed by atoms with Gasteiger partial charge in [-0.2, -0.15) is 0 Å². The van der Waals surface area contributed by atoms with Crippen LogP contribution in [0.15, 0.2) is 0 Å². The molecule has 14 heavy (non-hydrogen) atoms. The first-order valence-corrected chi connectivity index (χ1v) is 6.80. The van der Waals surface area contributed by atoms with E-state index in [1.165, 1.54) is 6.26 Å². The van der Waals surface area contributed by atoms with Crippen LogP contribution in [0.1, 0.15) is 32.1 Å². The van der Waals surface area contributed by atoms with Crippen molar-refractivity contribution >= 4 is 15.8 Å². The highest BCUT2D eigenvalue weighted by atomic mass is 32.2. The van der Waals surface area contributed by atoms with Gasteiger partial charge in [-0.1, -0.05) is 0 Å². The molecule has 1 spiro atoms. The van der Waals surface area contributed by atoms with Crippen LogP contribution < -0.4 is 0 Å². The highest BCUT2D eigenvalue weighted by Gasteiger charge is 2.53. The van der Waals surface area contributed by atoms with E-state index in [9.17, 15) is 13.2 Å². The predicted octanol–water partition coefficient (Wildman–Crippen LogP) is 0.659. The quantitative estimate of drug-likeness (QED) is 0.607. The number of carbonyl (C=O) groups excluding carboxylic acids is 1. The summed E-state index contributed by atoms with van der Waals surface area (Å²) >= 11 is 0. The van der Waals surface area contributed by atoms with Crippen molar-refractivity contribution in [1.82, 2.24) is 0 Å². The van der Waals surface area contributed by atoms with E-state index in [2.05, 4.69) is 0 Å². The van der Waals surface area contributed by atoms with Crippen LogP contribution in [0.25, 0.3) is 0 Å².